The lowest BCUT2D eigenvalue weighted by molar-refractivity contribution is 1.10. The molecular formula is C60H39N5. The van der Waals surface area contributed by atoms with Crippen molar-refractivity contribution < 1.29 is 0 Å². The number of rotatable bonds is 7. The third-order valence-corrected chi connectivity index (χ3v) is 12.8. The minimum atomic E-state index is 0.877. The first-order valence-corrected chi connectivity index (χ1v) is 22.1. The van der Waals surface area contributed by atoms with Gasteiger partial charge >= 0.3 is 0 Å². The molecule has 0 aliphatic rings. The third kappa shape index (κ3) is 6.09. The number of fused-ring (bicyclic) bond motifs is 7. The summed E-state index contributed by atoms with van der Waals surface area (Å²) in [5, 5.41) is 4.90. The van der Waals surface area contributed by atoms with E-state index in [1.807, 2.05) is 18.3 Å². The van der Waals surface area contributed by atoms with E-state index in [1.165, 1.54) is 21.5 Å². The van der Waals surface area contributed by atoms with Gasteiger partial charge in [0.25, 0.3) is 0 Å². The number of hydrogen-bond acceptors (Lipinski definition) is 2. The number of aromatic nitrogens is 5. The van der Waals surface area contributed by atoms with Gasteiger partial charge in [-0.15, -0.1) is 0 Å². The molecule has 4 aromatic heterocycles. The lowest BCUT2D eigenvalue weighted by Crippen LogP contribution is -2.01. The maximum absolute atomic E-state index is 5.39. The molecule has 0 saturated heterocycles. The Labute approximate surface area is 375 Å². The number of nitrogens with zero attached hydrogens (tertiary/aromatic N) is 5. The highest BCUT2D eigenvalue weighted by Gasteiger charge is 2.20. The zero-order valence-corrected chi connectivity index (χ0v) is 35.3. The van der Waals surface area contributed by atoms with Crippen molar-refractivity contribution >= 4 is 54.6 Å². The van der Waals surface area contributed by atoms with E-state index in [-0.39, 0.29) is 0 Å². The standard InChI is InChI=1S/C60H39N5/c1-2-19-46(20-3-1)65-59-31-13-8-26-54(59)62-60(65)45-35-42(40-17-16-18-41(33-40)53-25-14-15-32-61-53)34-43(36-45)44-37-47(63-55-27-9-4-21-49(55)50-22-5-10-28-56(50)63)39-48(38-44)64-57-29-11-6-23-51(57)52-24-7-12-30-58(52)64/h1-39H. The Balaban J connectivity index is 1.12. The van der Waals surface area contributed by atoms with Crippen molar-refractivity contribution in [1.29, 1.82) is 0 Å². The number of pyridine rings is 1. The van der Waals surface area contributed by atoms with E-state index in [2.05, 4.69) is 232 Å². The fourth-order valence-corrected chi connectivity index (χ4v) is 9.96. The molecule has 5 nitrogen and oxygen atoms in total. The molecule has 0 bridgehead atoms. The van der Waals surface area contributed by atoms with E-state index >= 15 is 0 Å². The Morgan fingerprint density at radius 3 is 1.32 bits per heavy atom. The van der Waals surface area contributed by atoms with Gasteiger partial charge in [-0.3, -0.25) is 9.55 Å². The molecular weight excluding hydrogens is 791 g/mol. The van der Waals surface area contributed by atoms with E-state index in [4.69, 9.17) is 9.97 Å². The second-order valence-electron chi connectivity index (χ2n) is 16.7. The Morgan fingerprint density at radius 1 is 0.277 bits per heavy atom. The normalized spacial score (nSPS) is 11.7. The molecule has 0 saturated carbocycles. The molecule has 0 radical (unpaired) electrons. The van der Waals surface area contributed by atoms with E-state index < -0.39 is 0 Å². The average molecular weight is 830 g/mol. The van der Waals surface area contributed by atoms with Crippen LogP contribution in [0.25, 0.3) is 117 Å². The number of benzene rings is 9. The molecule has 0 aliphatic heterocycles. The van der Waals surface area contributed by atoms with Gasteiger partial charge in [0.15, 0.2) is 0 Å². The van der Waals surface area contributed by atoms with Gasteiger partial charge < -0.3 is 9.13 Å². The molecule has 4 heterocycles. The van der Waals surface area contributed by atoms with Crippen molar-refractivity contribution in [2.24, 2.45) is 0 Å². The molecule has 13 aromatic rings. The summed E-state index contributed by atoms with van der Waals surface area (Å²) < 4.78 is 7.16. The van der Waals surface area contributed by atoms with Crippen molar-refractivity contribution in [2.75, 3.05) is 0 Å². The molecule has 304 valence electrons. The number of hydrogen-bond donors (Lipinski definition) is 0. The minimum Gasteiger partial charge on any atom is -0.309 e. The molecule has 13 rings (SSSR count). The van der Waals surface area contributed by atoms with Crippen LogP contribution in [-0.4, -0.2) is 23.7 Å². The summed E-state index contributed by atoms with van der Waals surface area (Å²) in [5.41, 5.74) is 17.2. The second kappa shape index (κ2) is 14.9. The predicted octanol–water partition coefficient (Wildman–Crippen LogP) is 15.3. The zero-order chi connectivity index (χ0) is 42.8. The van der Waals surface area contributed by atoms with Crippen LogP contribution in [0.4, 0.5) is 0 Å². The zero-order valence-electron chi connectivity index (χ0n) is 35.3. The van der Waals surface area contributed by atoms with Gasteiger partial charge in [0.05, 0.1) is 38.8 Å². The van der Waals surface area contributed by atoms with Crippen LogP contribution >= 0.6 is 0 Å². The lowest BCUT2D eigenvalue weighted by Gasteiger charge is -2.17. The minimum absolute atomic E-state index is 0.877. The van der Waals surface area contributed by atoms with Crippen molar-refractivity contribution in [2.45, 2.75) is 0 Å². The Hall–Kier alpha value is -8.80. The highest BCUT2D eigenvalue weighted by atomic mass is 15.1. The largest absolute Gasteiger partial charge is 0.309 e. The summed E-state index contributed by atoms with van der Waals surface area (Å²) in [6.45, 7) is 0. The van der Waals surface area contributed by atoms with Crippen LogP contribution in [0.15, 0.2) is 237 Å². The lowest BCUT2D eigenvalue weighted by atomic mass is 9.94. The summed E-state index contributed by atoms with van der Waals surface area (Å²) in [7, 11) is 0. The summed E-state index contributed by atoms with van der Waals surface area (Å²) in [4.78, 5) is 10.1. The number of imidazole rings is 1. The first-order chi connectivity index (χ1) is 32.2. The number of para-hydroxylation sites is 7. The summed E-state index contributed by atoms with van der Waals surface area (Å²) in [6, 6.07) is 82.9. The molecule has 65 heavy (non-hydrogen) atoms. The SMILES string of the molecule is c1ccc(-n2c(-c3cc(-c4cccc(-c5ccccn5)c4)cc(-c4cc(-n5c6ccccc6c6ccccc65)cc(-n5c6ccccc6c6ccccc65)c4)c3)nc3ccccc32)cc1. The van der Waals surface area contributed by atoms with Gasteiger partial charge in [0.1, 0.15) is 5.82 Å². The van der Waals surface area contributed by atoms with Gasteiger partial charge in [-0.05, 0) is 125 Å². The summed E-state index contributed by atoms with van der Waals surface area (Å²) >= 11 is 0. The van der Waals surface area contributed by atoms with E-state index in [1.54, 1.807) is 0 Å². The van der Waals surface area contributed by atoms with Crippen molar-refractivity contribution in [3.05, 3.63) is 237 Å². The molecule has 0 N–H and O–H groups in total. The van der Waals surface area contributed by atoms with E-state index in [0.29, 0.717) is 0 Å². The highest BCUT2D eigenvalue weighted by molar-refractivity contribution is 6.11. The maximum Gasteiger partial charge on any atom is 0.145 e. The molecule has 5 heteroatoms. The Morgan fingerprint density at radius 2 is 0.738 bits per heavy atom. The van der Waals surface area contributed by atoms with Crippen LogP contribution in [0, 0.1) is 0 Å². The topological polar surface area (TPSA) is 40.6 Å². The first kappa shape index (κ1) is 36.8. The van der Waals surface area contributed by atoms with Gasteiger partial charge in [0.2, 0.25) is 0 Å². The van der Waals surface area contributed by atoms with E-state index in [0.717, 1.165) is 95.1 Å². The van der Waals surface area contributed by atoms with Crippen molar-refractivity contribution in [3.63, 3.8) is 0 Å². The fraction of sp³-hybridized carbons (Fsp3) is 0. The predicted molar refractivity (Wildman–Crippen MR) is 269 cm³/mol. The molecule has 0 amide bonds. The average Bonchev–Trinajstić information content (AvgIpc) is 4.05. The van der Waals surface area contributed by atoms with Gasteiger partial charge in [0, 0.05) is 55.9 Å². The fourth-order valence-electron chi connectivity index (χ4n) is 9.96. The highest BCUT2D eigenvalue weighted by Crippen LogP contribution is 2.41. The molecule has 0 fully saturated rings. The van der Waals surface area contributed by atoms with Crippen molar-refractivity contribution in [3.8, 4) is 62.0 Å². The van der Waals surface area contributed by atoms with Crippen LogP contribution < -0.4 is 0 Å². The summed E-state index contributed by atoms with van der Waals surface area (Å²) in [6.07, 6.45) is 1.85. The van der Waals surface area contributed by atoms with Crippen LogP contribution in [0.3, 0.4) is 0 Å². The molecule has 0 aliphatic carbocycles. The molecule has 0 spiro atoms. The smallest absolute Gasteiger partial charge is 0.145 e. The third-order valence-electron chi connectivity index (χ3n) is 12.8. The molecule has 0 unspecified atom stereocenters. The quantitative estimate of drug-likeness (QED) is 0.161. The van der Waals surface area contributed by atoms with Crippen LogP contribution in [0.5, 0.6) is 0 Å². The van der Waals surface area contributed by atoms with Crippen LogP contribution in [0.1, 0.15) is 0 Å². The van der Waals surface area contributed by atoms with Crippen molar-refractivity contribution in [1.82, 2.24) is 23.7 Å². The van der Waals surface area contributed by atoms with Crippen LogP contribution in [0.2, 0.25) is 0 Å². The maximum atomic E-state index is 5.39. The Bertz CT molecular complexity index is 3710. The van der Waals surface area contributed by atoms with E-state index in [9.17, 15) is 0 Å². The molecule has 9 aromatic carbocycles. The van der Waals surface area contributed by atoms with Gasteiger partial charge in [-0.2, -0.15) is 0 Å². The van der Waals surface area contributed by atoms with Gasteiger partial charge in [-0.1, -0.05) is 127 Å². The summed E-state index contributed by atoms with van der Waals surface area (Å²) in [5.74, 6) is 0.877. The molecule has 0 atom stereocenters. The van der Waals surface area contributed by atoms with Crippen LogP contribution in [-0.2, 0) is 0 Å². The second-order valence-corrected chi connectivity index (χ2v) is 16.7. The Kier molecular flexibility index (Phi) is 8.46. The van der Waals surface area contributed by atoms with Gasteiger partial charge in [-0.25, -0.2) is 4.98 Å². The monoisotopic (exact) mass is 829 g/mol. The first-order valence-electron chi connectivity index (χ1n) is 22.1.